The summed E-state index contributed by atoms with van der Waals surface area (Å²) in [7, 11) is 0. The fourth-order valence-corrected chi connectivity index (χ4v) is 1.81. The van der Waals surface area contributed by atoms with Crippen LogP contribution in [-0.4, -0.2) is 11.5 Å². The molecule has 0 aliphatic rings. The third kappa shape index (κ3) is 4.35. The van der Waals surface area contributed by atoms with Gasteiger partial charge in [-0.2, -0.15) is 0 Å². The minimum atomic E-state index is -0.450. The zero-order valence-corrected chi connectivity index (χ0v) is 10.8. The quantitative estimate of drug-likeness (QED) is 0.600. The lowest BCUT2D eigenvalue weighted by atomic mass is 10.1. The van der Waals surface area contributed by atoms with Crippen LogP contribution in [0.15, 0.2) is 48.5 Å². The Hall–Kier alpha value is -2.43. The van der Waals surface area contributed by atoms with Crippen LogP contribution in [0.2, 0.25) is 0 Å². The summed E-state index contributed by atoms with van der Waals surface area (Å²) in [5.74, 6) is -0.0684. The van der Waals surface area contributed by atoms with Gasteiger partial charge in [-0.3, -0.25) is 10.1 Å². The van der Waals surface area contributed by atoms with Crippen molar-refractivity contribution in [3.63, 3.8) is 0 Å². The van der Waals surface area contributed by atoms with Gasteiger partial charge in [-0.1, -0.05) is 30.3 Å². The van der Waals surface area contributed by atoms with Gasteiger partial charge in [0.25, 0.3) is 0 Å². The van der Waals surface area contributed by atoms with Crippen molar-refractivity contribution >= 4 is 0 Å². The van der Waals surface area contributed by atoms with E-state index in [2.05, 4.69) is 0 Å². The van der Waals surface area contributed by atoms with Crippen LogP contribution < -0.4 is 4.74 Å². The standard InChI is InChI=1S/C15H14FNO3/c16-14-8-13(6-7-17(18)19)9-15(10-14)20-11-12-4-2-1-3-5-12/h1-5,8-10H,6-7,11H2. The smallest absolute Gasteiger partial charge is 0.207 e. The van der Waals surface area contributed by atoms with E-state index in [4.69, 9.17) is 4.74 Å². The second-order valence-electron chi connectivity index (χ2n) is 4.38. The van der Waals surface area contributed by atoms with Gasteiger partial charge in [-0.05, 0) is 23.3 Å². The number of rotatable bonds is 6. The molecule has 0 aliphatic carbocycles. The summed E-state index contributed by atoms with van der Waals surface area (Å²) < 4.78 is 18.9. The molecule has 0 radical (unpaired) electrons. The normalized spacial score (nSPS) is 10.2. The zero-order chi connectivity index (χ0) is 14.4. The monoisotopic (exact) mass is 275 g/mol. The molecule has 0 unspecified atom stereocenters. The van der Waals surface area contributed by atoms with E-state index in [1.807, 2.05) is 30.3 Å². The second kappa shape index (κ2) is 6.65. The Kier molecular flexibility index (Phi) is 4.65. The van der Waals surface area contributed by atoms with Gasteiger partial charge in [0, 0.05) is 17.4 Å². The summed E-state index contributed by atoms with van der Waals surface area (Å²) >= 11 is 0. The summed E-state index contributed by atoms with van der Waals surface area (Å²) in [6, 6.07) is 13.7. The Balaban J connectivity index is 2.02. The summed E-state index contributed by atoms with van der Waals surface area (Å²) in [5.41, 5.74) is 1.54. The molecule has 0 spiro atoms. The van der Waals surface area contributed by atoms with Crippen molar-refractivity contribution in [2.45, 2.75) is 13.0 Å². The predicted molar refractivity (Wildman–Crippen MR) is 72.7 cm³/mol. The van der Waals surface area contributed by atoms with Crippen LogP contribution in [0.25, 0.3) is 0 Å². The minimum Gasteiger partial charge on any atom is -0.489 e. The number of benzene rings is 2. The molecular formula is C15H14FNO3. The number of nitro groups is 1. The molecule has 2 aromatic rings. The first-order valence-electron chi connectivity index (χ1n) is 6.21. The molecule has 2 aromatic carbocycles. The second-order valence-corrected chi connectivity index (χ2v) is 4.38. The van der Waals surface area contributed by atoms with Gasteiger partial charge in [0.05, 0.1) is 0 Å². The van der Waals surface area contributed by atoms with E-state index < -0.39 is 10.7 Å². The average Bonchev–Trinajstić information content (AvgIpc) is 2.44. The first kappa shape index (κ1) is 14.0. The molecule has 0 bridgehead atoms. The van der Waals surface area contributed by atoms with Crippen molar-refractivity contribution in [1.29, 1.82) is 0 Å². The van der Waals surface area contributed by atoms with Crippen LogP contribution in [0.5, 0.6) is 5.75 Å². The van der Waals surface area contributed by atoms with Gasteiger partial charge in [0.15, 0.2) is 0 Å². The molecule has 20 heavy (non-hydrogen) atoms. The molecule has 0 atom stereocenters. The Bertz CT molecular complexity index is 587. The summed E-state index contributed by atoms with van der Waals surface area (Å²) in [6.45, 7) is 0.112. The lowest BCUT2D eigenvalue weighted by Crippen LogP contribution is -2.04. The molecule has 5 heteroatoms. The van der Waals surface area contributed by atoms with Crippen molar-refractivity contribution in [1.82, 2.24) is 0 Å². The SMILES string of the molecule is O=[N+]([O-])CCc1cc(F)cc(OCc2ccccc2)c1. The summed E-state index contributed by atoms with van der Waals surface area (Å²) in [5, 5.41) is 10.3. The van der Waals surface area contributed by atoms with Crippen LogP contribution in [0, 0.1) is 15.9 Å². The van der Waals surface area contributed by atoms with Gasteiger partial charge in [-0.15, -0.1) is 0 Å². The molecule has 0 saturated heterocycles. The van der Waals surface area contributed by atoms with Gasteiger partial charge in [0.1, 0.15) is 18.2 Å². The van der Waals surface area contributed by atoms with E-state index in [0.717, 1.165) is 5.56 Å². The lowest BCUT2D eigenvalue weighted by Gasteiger charge is -2.08. The van der Waals surface area contributed by atoms with E-state index >= 15 is 0 Å². The predicted octanol–water partition coefficient (Wildman–Crippen LogP) is 3.22. The maximum absolute atomic E-state index is 13.4. The van der Waals surface area contributed by atoms with Crippen LogP contribution in [0.4, 0.5) is 4.39 Å². The summed E-state index contributed by atoms with van der Waals surface area (Å²) in [6.07, 6.45) is 0.187. The highest BCUT2D eigenvalue weighted by Gasteiger charge is 2.05. The van der Waals surface area contributed by atoms with E-state index in [0.29, 0.717) is 17.9 Å². The molecule has 0 amide bonds. The first-order chi connectivity index (χ1) is 9.63. The Labute approximate surface area is 116 Å². The maximum atomic E-state index is 13.4. The molecule has 0 heterocycles. The van der Waals surface area contributed by atoms with E-state index in [-0.39, 0.29) is 13.0 Å². The van der Waals surface area contributed by atoms with Gasteiger partial charge in [0.2, 0.25) is 6.54 Å². The first-order valence-corrected chi connectivity index (χ1v) is 6.21. The highest BCUT2D eigenvalue weighted by molar-refractivity contribution is 5.30. The third-order valence-electron chi connectivity index (χ3n) is 2.76. The number of ether oxygens (including phenoxy) is 1. The van der Waals surface area contributed by atoms with Gasteiger partial charge >= 0.3 is 0 Å². The maximum Gasteiger partial charge on any atom is 0.207 e. The molecule has 0 aliphatic heterocycles. The summed E-state index contributed by atoms with van der Waals surface area (Å²) in [4.78, 5) is 9.91. The largest absolute Gasteiger partial charge is 0.489 e. The topological polar surface area (TPSA) is 52.4 Å². The van der Waals surface area contributed by atoms with Crippen LogP contribution in [0.3, 0.4) is 0 Å². The van der Waals surface area contributed by atoms with Crippen molar-refractivity contribution in [3.8, 4) is 5.75 Å². The molecule has 0 saturated carbocycles. The highest BCUT2D eigenvalue weighted by Crippen LogP contribution is 2.18. The minimum absolute atomic E-state index is 0.187. The fourth-order valence-electron chi connectivity index (χ4n) is 1.81. The Morgan fingerprint density at radius 2 is 1.85 bits per heavy atom. The van der Waals surface area contributed by atoms with Gasteiger partial charge < -0.3 is 4.74 Å². The molecule has 4 nitrogen and oxygen atoms in total. The van der Waals surface area contributed by atoms with Crippen LogP contribution in [0.1, 0.15) is 11.1 Å². The van der Waals surface area contributed by atoms with Crippen molar-refractivity contribution in [3.05, 3.63) is 75.6 Å². The molecule has 104 valence electrons. The molecule has 0 aromatic heterocycles. The molecule has 0 fully saturated rings. The number of hydrogen-bond acceptors (Lipinski definition) is 3. The van der Waals surface area contributed by atoms with E-state index in [9.17, 15) is 14.5 Å². The van der Waals surface area contributed by atoms with Crippen LogP contribution >= 0.6 is 0 Å². The van der Waals surface area contributed by atoms with Crippen LogP contribution in [-0.2, 0) is 13.0 Å². The Morgan fingerprint density at radius 1 is 1.10 bits per heavy atom. The van der Waals surface area contributed by atoms with Gasteiger partial charge in [-0.25, -0.2) is 4.39 Å². The lowest BCUT2D eigenvalue weighted by molar-refractivity contribution is -0.479. The molecular weight excluding hydrogens is 261 g/mol. The van der Waals surface area contributed by atoms with E-state index in [1.54, 1.807) is 6.07 Å². The number of nitrogens with zero attached hydrogens (tertiary/aromatic N) is 1. The Morgan fingerprint density at radius 3 is 2.55 bits per heavy atom. The average molecular weight is 275 g/mol. The fraction of sp³-hybridized carbons (Fsp3) is 0.200. The molecule has 2 rings (SSSR count). The zero-order valence-electron chi connectivity index (χ0n) is 10.8. The number of halogens is 1. The third-order valence-corrected chi connectivity index (χ3v) is 2.76. The van der Waals surface area contributed by atoms with Crippen molar-refractivity contribution in [2.24, 2.45) is 0 Å². The van der Waals surface area contributed by atoms with Crippen molar-refractivity contribution < 1.29 is 14.1 Å². The highest BCUT2D eigenvalue weighted by atomic mass is 19.1. The molecule has 0 N–H and O–H groups in total. The van der Waals surface area contributed by atoms with E-state index in [1.165, 1.54) is 12.1 Å². The van der Waals surface area contributed by atoms with Crippen molar-refractivity contribution in [2.75, 3.05) is 6.54 Å². The number of hydrogen-bond donors (Lipinski definition) is 0.